The van der Waals surface area contributed by atoms with Gasteiger partial charge in [-0.25, -0.2) is 0 Å². The van der Waals surface area contributed by atoms with Crippen molar-refractivity contribution in [2.75, 3.05) is 5.32 Å². The fourth-order valence-corrected chi connectivity index (χ4v) is 3.35. The lowest BCUT2D eigenvalue weighted by Crippen LogP contribution is -2.11. The molecule has 2 heterocycles. The van der Waals surface area contributed by atoms with Gasteiger partial charge in [-0.05, 0) is 44.9 Å². The van der Waals surface area contributed by atoms with Crippen LogP contribution in [0.4, 0.5) is 5.69 Å². The van der Waals surface area contributed by atoms with E-state index in [4.69, 9.17) is 4.52 Å². The van der Waals surface area contributed by atoms with E-state index in [2.05, 4.69) is 15.5 Å². The fraction of sp³-hybridized carbons (Fsp3) is 0.278. The molecule has 1 aromatic carbocycles. The Bertz CT molecular complexity index is 891. The van der Waals surface area contributed by atoms with Crippen LogP contribution in [0, 0.1) is 13.8 Å². The van der Waals surface area contributed by atoms with E-state index in [1.807, 2.05) is 44.2 Å². The number of rotatable bonds is 4. The number of nitrogens with one attached hydrogen (secondary N) is 1. The number of benzene rings is 1. The molecule has 0 bridgehead atoms. The Balaban J connectivity index is 1.54. The number of aromatic nitrogens is 2. The van der Waals surface area contributed by atoms with Gasteiger partial charge < -0.3 is 9.84 Å². The lowest BCUT2D eigenvalue weighted by molar-refractivity contribution is 0.102. The molecule has 0 radical (unpaired) electrons. The minimum absolute atomic E-state index is 0.116. The standard InChI is InChI=1S/C18H17N3O2S/c1-10-3-5-12(6-4-10)17(22)19-14-9-15(24-11(14)2)16-20-18(23-21-16)13-7-8-13/h3-6,9,13H,7-8H2,1-2H3,(H,19,22). The van der Waals surface area contributed by atoms with Crippen LogP contribution in [0.15, 0.2) is 34.9 Å². The molecule has 6 heteroatoms. The van der Waals surface area contributed by atoms with Crippen molar-refractivity contribution in [2.45, 2.75) is 32.6 Å². The molecular formula is C18H17N3O2S. The summed E-state index contributed by atoms with van der Waals surface area (Å²) < 4.78 is 5.31. The lowest BCUT2D eigenvalue weighted by Gasteiger charge is -2.04. The fourth-order valence-electron chi connectivity index (χ4n) is 2.45. The topological polar surface area (TPSA) is 68.0 Å². The molecule has 0 spiro atoms. The van der Waals surface area contributed by atoms with Crippen LogP contribution < -0.4 is 5.32 Å². The van der Waals surface area contributed by atoms with Crippen LogP contribution in [0.1, 0.15) is 45.4 Å². The van der Waals surface area contributed by atoms with E-state index in [0.29, 0.717) is 17.3 Å². The summed E-state index contributed by atoms with van der Waals surface area (Å²) in [5.41, 5.74) is 2.56. The number of anilines is 1. The lowest BCUT2D eigenvalue weighted by atomic mass is 10.1. The van der Waals surface area contributed by atoms with Gasteiger partial charge in [0.15, 0.2) is 0 Å². The first-order chi connectivity index (χ1) is 11.6. The number of carbonyl (C=O) groups excluding carboxylic acids is 1. The second-order valence-corrected chi connectivity index (χ2v) is 7.39. The molecule has 2 aromatic heterocycles. The number of aryl methyl sites for hydroxylation is 2. The Morgan fingerprint density at radius 3 is 2.71 bits per heavy atom. The summed E-state index contributed by atoms with van der Waals surface area (Å²) in [6.45, 7) is 3.97. The van der Waals surface area contributed by atoms with Crippen molar-refractivity contribution < 1.29 is 9.32 Å². The number of hydrogen-bond acceptors (Lipinski definition) is 5. The van der Waals surface area contributed by atoms with Crippen LogP contribution in [0.2, 0.25) is 0 Å². The average Bonchev–Trinajstić information content (AvgIpc) is 3.19. The van der Waals surface area contributed by atoms with Crippen LogP contribution >= 0.6 is 11.3 Å². The number of nitrogens with zero attached hydrogens (tertiary/aromatic N) is 2. The second kappa shape index (κ2) is 5.87. The average molecular weight is 339 g/mol. The molecule has 1 aliphatic rings. The van der Waals surface area contributed by atoms with Crippen molar-refractivity contribution >= 4 is 22.9 Å². The van der Waals surface area contributed by atoms with E-state index in [-0.39, 0.29) is 5.91 Å². The van der Waals surface area contributed by atoms with Gasteiger partial charge in [0.05, 0.1) is 10.6 Å². The van der Waals surface area contributed by atoms with Crippen molar-refractivity contribution in [3.05, 3.63) is 52.2 Å². The van der Waals surface area contributed by atoms with E-state index < -0.39 is 0 Å². The van der Waals surface area contributed by atoms with Gasteiger partial charge in [-0.1, -0.05) is 22.9 Å². The molecule has 0 unspecified atom stereocenters. The van der Waals surface area contributed by atoms with Gasteiger partial charge in [0.1, 0.15) is 0 Å². The van der Waals surface area contributed by atoms with Gasteiger partial charge in [-0.2, -0.15) is 4.98 Å². The van der Waals surface area contributed by atoms with Gasteiger partial charge in [0.2, 0.25) is 11.7 Å². The van der Waals surface area contributed by atoms with Crippen molar-refractivity contribution in [3.8, 4) is 10.7 Å². The summed E-state index contributed by atoms with van der Waals surface area (Å²) in [5, 5.41) is 7.02. The van der Waals surface area contributed by atoms with Gasteiger partial charge in [0, 0.05) is 16.4 Å². The molecule has 1 fully saturated rings. The van der Waals surface area contributed by atoms with E-state index in [1.54, 1.807) is 11.3 Å². The molecule has 3 aromatic rings. The van der Waals surface area contributed by atoms with E-state index >= 15 is 0 Å². The highest BCUT2D eigenvalue weighted by molar-refractivity contribution is 7.16. The Kier molecular flexibility index (Phi) is 3.69. The third-order valence-electron chi connectivity index (χ3n) is 4.07. The van der Waals surface area contributed by atoms with E-state index in [9.17, 15) is 4.79 Å². The van der Waals surface area contributed by atoms with Crippen molar-refractivity contribution in [2.24, 2.45) is 0 Å². The third kappa shape index (κ3) is 2.97. The summed E-state index contributed by atoms with van der Waals surface area (Å²) in [6.07, 6.45) is 2.26. The zero-order chi connectivity index (χ0) is 16.7. The maximum absolute atomic E-state index is 12.4. The Hall–Kier alpha value is -2.47. The number of hydrogen-bond donors (Lipinski definition) is 1. The predicted molar refractivity (Wildman–Crippen MR) is 93.5 cm³/mol. The number of thiophene rings is 1. The highest BCUT2D eigenvalue weighted by Crippen LogP contribution is 2.40. The van der Waals surface area contributed by atoms with Crippen molar-refractivity contribution in [3.63, 3.8) is 0 Å². The van der Waals surface area contributed by atoms with Crippen LogP contribution in [-0.2, 0) is 0 Å². The van der Waals surface area contributed by atoms with Gasteiger partial charge in [-0.3, -0.25) is 4.79 Å². The predicted octanol–water partition coefficient (Wildman–Crippen LogP) is 4.54. The minimum Gasteiger partial charge on any atom is -0.339 e. The SMILES string of the molecule is Cc1ccc(C(=O)Nc2cc(-c3noc(C4CC4)n3)sc2C)cc1. The minimum atomic E-state index is -0.116. The monoisotopic (exact) mass is 339 g/mol. The highest BCUT2D eigenvalue weighted by Gasteiger charge is 2.30. The largest absolute Gasteiger partial charge is 0.339 e. The molecule has 1 saturated carbocycles. The summed E-state index contributed by atoms with van der Waals surface area (Å²) in [5.74, 6) is 1.64. The summed E-state index contributed by atoms with van der Waals surface area (Å²) in [7, 11) is 0. The van der Waals surface area contributed by atoms with Crippen LogP contribution in [0.3, 0.4) is 0 Å². The van der Waals surface area contributed by atoms with Gasteiger partial charge in [0.25, 0.3) is 5.91 Å². The Morgan fingerprint density at radius 1 is 1.25 bits per heavy atom. The van der Waals surface area contributed by atoms with Gasteiger partial charge >= 0.3 is 0 Å². The number of carbonyl (C=O) groups is 1. The highest BCUT2D eigenvalue weighted by atomic mass is 32.1. The first-order valence-corrected chi connectivity index (χ1v) is 8.74. The first kappa shape index (κ1) is 15.1. The third-order valence-corrected chi connectivity index (χ3v) is 5.11. The Labute approximate surface area is 143 Å². The van der Waals surface area contributed by atoms with Crippen LogP contribution in [0.5, 0.6) is 0 Å². The molecule has 4 rings (SSSR count). The molecule has 122 valence electrons. The molecule has 1 amide bonds. The normalized spacial score (nSPS) is 13.9. The van der Waals surface area contributed by atoms with Crippen LogP contribution in [-0.4, -0.2) is 16.0 Å². The molecule has 1 N–H and O–H groups in total. The molecule has 24 heavy (non-hydrogen) atoms. The molecule has 0 atom stereocenters. The maximum Gasteiger partial charge on any atom is 0.255 e. The molecule has 5 nitrogen and oxygen atoms in total. The Morgan fingerprint density at radius 2 is 2.00 bits per heavy atom. The quantitative estimate of drug-likeness (QED) is 0.757. The maximum atomic E-state index is 12.4. The molecular weight excluding hydrogens is 322 g/mol. The smallest absolute Gasteiger partial charge is 0.255 e. The zero-order valence-electron chi connectivity index (χ0n) is 13.5. The molecule has 1 aliphatic carbocycles. The van der Waals surface area contributed by atoms with Crippen LogP contribution in [0.25, 0.3) is 10.7 Å². The summed E-state index contributed by atoms with van der Waals surface area (Å²) in [6, 6.07) is 9.43. The van der Waals surface area contributed by atoms with E-state index in [0.717, 1.165) is 39.7 Å². The van der Waals surface area contributed by atoms with Crippen molar-refractivity contribution in [1.29, 1.82) is 0 Å². The second-order valence-electron chi connectivity index (χ2n) is 6.13. The van der Waals surface area contributed by atoms with Crippen molar-refractivity contribution in [1.82, 2.24) is 10.1 Å². The van der Waals surface area contributed by atoms with E-state index in [1.165, 1.54) is 0 Å². The number of amides is 1. The van der Waals surface area contributed by atoms with Gasteiger partial charge in [-0.15, -0.1) is 11.3 Å². The first-order valence-electron chi connectivity index (χ1n) is 7.92. The molecule has 0 aliphatic heterocycles. The summed E-state index contributed by atoms with van der Waals surface area (Å²) >= 11 is 1.55. The zero-order valence-corrected chi connectivity index (χ0v) is 14.3. The summed E-state index contributed by atoms with van der Waals surface area (Å²) in [4.78, 5) is 18.8. The molecule has 0 saturated heterocycles.